The number of nitrogens with zero attached hydrogens (tertiary/aromatic N) is 6. The van der Waals surface area contributed by atoms with E-state index < -0.39 is 0 Å². The van der Waals surface area contributed by atoms with E-state index in [4.69, 9.17) is 4.74 Å². The summed E-state index contributed by atoms with van der Waals surface area (Å²) in [6.45, 7) is 5.27. The molecule has 0 bridgehead atoms. The lowest BCUT2D eigenvalue weighted by molar-refractivity contribution is -0.134. The van der Waals surface area contributed by atoms with Crippen molar-refractivity contribution in [3.8, 4) is 11.4 Å². The monoisotopic (exact) mass is 356 g/mol. The SMILES string of the molecule is O=C(Cn1nnc(-c2ccccc2)n1)N1CCN(CC2CCCO2)CC1. The Kier molecular flexibility index (Phi) is 5.21. The van der Waals surface area contributed by atoms with Crippen molar-refractivity contribution in [1.29, 1.82) is 0 Å². The minimum atomic E-state index is 0.0405. The van der Waals surface area contributed by atoms with Gasteiger partial charge in [-0.25, -0.2) is 0 Å². The van der Waals surface area contributed by atoms with Gasteiger partial charge in [0, 0.05) is 44.9 Å². The number of ether oxygens (including phenoxy) is 1. The number of hydrogen-bond acceptors (Lipinski definition) is 6. The fraction of sp³-hybridized carbons (Fsp3) is 0.556. The number of tetrazole rings is 1. The maximum atomic E-state index is 12.5. The van der Waals surface area contributed by atoms with Gasteiger partial charge in [-0.15, -0.1) is 10.2 Å². The molecule has 0 saturated carbocycles. The Morgan fingerprint density at radius 1 is 1.15 bits per heavy atom. The van der Waals surface area contributed by atoms with Gasteiger partial charge in [0.2, 0.25) is 11.7 Å². The summed E-state index contributed by atoms with van der Waals surface area (Å²) in [5, 5.41) is 12.4. The highest BCUT2D eigenvalue weighted by Gasteiger charge is 2.25. The summed E-state index contributed by atoms with van der Waals surface area (Å²) in [5.74, 6) is 0.582. The maximum Gasteiger partial charge on any atom is 0.246 e. The van der Waals surface area contributed by atoms with Crippen LogP contribution in [0.1, 0.15) is 12.8 Å². The topological polar surface area (TPSA) is 76.4 Å². The molecule has 1 atom stereocenters. The molecule has 3 heterocycles. The predicted molar refractivity (Wildman–Crippen MR) is 95.2 cm³/mol. The van der Waals surface area contributed by atoms with Gasteiger partial charge in [0.25, 0.3) is 0 Å². The Morgan fingerprint density at radius 3 is 2.69 bits per heavy atom. The van der Waals surface area contributed by atoms with E-state index in [1.165, 1.54) is 11.2 Å². The Labute approximate surface area is 152 Å². The smallest absolute Gasteiger partial charge is 0.246 e. The first-order chi connectivity index (χ1) is 12.8. The third-order valence-corrected chi connectivity index (χ3v) is 4.97. The first-order valence-corrected chi connectivity index (χ1v) is 9.23. The van der Waals surface area contributed by atoms with E-state index in [1.54, 1.807) is 0 Å². The average Bonchev–Trinajstić information content (AvgIpc) is 3.35. The van der Waals surface area contributed by atoms with Crippen LogP contribution in [0.15, 0.2) is 30.3 Å². The van der Waals surface area contributed by atoms with Crippen LogP contribution in [-0.2, 0) is 16.1 Å². The lowest BCUT2D eigenvalue weighted by Gasteiger charge is -2.35. The van der Waals surface area contributed by atoms with Crippen molar-refractivity contribution < 1.29 is 9.53 Å². The predicted octanol–water partition coefficient (Wildman–Crippen LogP) is 0.663. The molecule has 8 nitrogen and oxygen atoms in total. The minimum Gasteiger partial charge on any atom is -0.377 e. The second-order valence-electron chi connectivity index (χ2n) is 6.83. The summed E-state index contributed by atoms with van der Waals surface area (Å²) < 4.78 is 5.70. The lowest BCUT2D eigenvalue weighted by Crippen LogP contribution is -2.51. The molecule has 0 radical (unpaired) electrons. The van der Waals surface area contributed by atoms with Crippen LogP contribution in [0.4, 0.5) is 0 Å². The zero-order chi connectivity index (χ0) is 17.8. The average molecular weight is 356 g/mol. The highest BCUT2D eigenvalue weighted by atomic mass is 16.5. The molecule has 2 fully saturated rings. The summed E-state index contributed by atoms with van der Waals surface area (Å²) >= 11 is 0. The Hall–Kier alpha value is -2.32. The van der Waals surface area contributed by atoms with Gasteiger partial charge in [-0.3, -0.25) is 9.69 Å². The molecule has 26 heavy (non-hydrogen) atoms. The highest BCUT2D eigenvalue weighted by Crippen LogP contribution is 2.15. The zero-order valence-electron chi connectivity index (χ0n) is 14.8. The maximum absolute atomic E-state index is 12.5. The van der Waals surface area contributed by atoms with Crippen molar-refractivity contribution in [3.05, 3.63) is 30.3 Å². The van der Waals surface area contributed by atoms with Crippen molar-refractivity contribution in [3.63, 3.8) is 0 Å². The molecule has 1 aromatic carbocycles. The molecule has 0 aliphatic carbocycles. The molecule has 2 aliphatic heterocycles. The van der Waals surface area contributed by atoms with Crippen LogP contribution < -0.4 is 0 Å². The number of rotatable bonds is 5. The standard InChI is InChI=1S/C18H24N6O2/c25-17(14-24-20-18(19-21-24)15-5-2-1-3-6-15)23-10-8-22(9-11-23)13-16-7-4-12-26-16/h1-3,5-6,16H,4,7-14H2. The number of amides is 1. The zero-order valence-corrected chi connectivity index (χ0v) is 14.8. The van der Waals surface area contributed by atoms with Crippen LogP contribution in [0.3, 0.4) is 0 Å². The molecule has 0 N–H and O–H groups in total. The van der Waals surface area contributed by atoms with Crippen LogP contribution in [0, 0.1) is 0 Å². The summed E-state index contributed by atoms with van der Waals surface area (Å²) in [7, 11) is 0. The van der Waals surface area contributed by atoms with Gasteiger partial charge in [0.05, 0.1) is 6.10 Å². The minimum absolute atomic E-state index is 0.0405. The van der Waals surface area contributed by atoms with Gasteiger partial charge in [-0.1, -0.05) is 30.3 Å². The molecule has 8 heteroatoms. The van der Waals surface area contributed by atoms with Crippen LogP contribution in [0.5, 0.6) is 0 Å². The summed E-state index contributed by atoms with van der Waals surface area (Å²) in [6.07, 6.45) is 2.69. The molecule has 138 valence electrons. The first kappa shape index (κ1) is 17.1. The number of hydrogen-bond donors (Lipinski definition) is 0. The van der Waals surface area contributed by atoms with Crippen molar-refractivity contribution >= 4 is 5.91 Å². The number of piperazine rings is 1. The third kappa shape index (κ3) is 4.08. The van der Waals surface area contributed by atoms with Gasteiger partial charge in [-0.2, -0.15) is 4.80 Å². The molecule has 1 aromatic heterocycles. The van der Waals surface area contributed by atoms with Crippen molar-refractivity contribution in [2.45, 2.75) is 25.5 Å². The van der Waals surface area contributed by atoms with E-state index in [0.717, 1.165) is 51.3 Å². The van der Waals surface area contributed by atoms with Crippen LogP contribution >= 0.6 is 0 Å². The summed E-state index contributed by atoms with van der Waals surface area (Å²) in [5.41, 5.74) is 0.897. The highest BCUT2D eigenvalue weighted by molar-refractivity contribution is 5.76. The number of carbonyl (C=O) groups is 1. The molecular weight excluding hydrogens is 332 g/mol. The molecule has 2 aliphatic rings. The molecule has 1 unspecified atom stereocenters. The van der Waals surface area contributed by atoms with E-state index in [0.29, 0.717) is 11.9 Å². The van der Waals surface area contributed by atoms with Gasteiger partial charge in [0.15, 0.2) is 0 Å². The fourth-order valence-electron chi connectivity index (χ4n) is 3.49. The van der Waals surface area contributed by atoms with Crippen molar-refractivity contribution in [2.24, 2.45) is 0 Å². The second-order valence-corrected chi connectivity index (χ2v) is 6.83. The number of aromatic nitrogens is 4. The molecular formula is C18H24N6O2. The third-order valence-electron chi connectivity index (χ3n) is 4.97. The Morgan fingerprint density at radius 2 is 1.96 bits per heavy atom. The molecule has 2 saturated heterocycles. The Bertz CT molecular complexity index is 720. The van der Waals surface area contributed by atoms with E-state index in [-0.39, 0.29) is 12.5 Å². The number of carbonyl (C=O) groups excluding carboxylic acids is 1. The lowest BCUT2D eigenvalue weighted by atomic mass is 10.2. The summed E-state index contributed by atoms with van der Waals surface area (Å²) in [6, 6.07) is 9.65. The van der Waals surface area contributed by atoms with Crippen LogP contribution in [-0.4, -0.2) is 81.3 Å². The fourth-order valence-corrected chi connectivity index (χ4v) is 3.49. The van der Waals surface area contributed by atoms with E-state index in [1.807, 2.05) is 35.2 Å². The van der Waals surface area contributed by atoms with E-state index in [2.05, 4.69) is 20.3 Å². The largest absolute Gasteiger partial charge is 0.377 e. The second kappa shape index (κ2) is 7.92. The van der Waals surface area contributed by atoms with E-state index in [9.17, 15) is 4.79 Å². The van der Waals surface area contributed by atoms with Gasteiger partial charge < -0.3 is 9.64 Å². The quantitative estimate of drug-likeness (QED) is 0.783. The molecule has 1 amide bonds. The van der Waals surface area contributed by atoms with Crippen LogP contribution in [0.25, 0.3) is 11.4 Å². The van der Waals surface area contributed by atoms with Crippen molar-refractivity contribution in [1.82, 2.24) is 30.0 Å². The summed E-state index contributed by atoms with van der Waals surface area (Å²) in [4.78, 5) is 18.2. The van der Waals surface area contributed by atoms with Gasteiger partial charge in [-0.05, 0) is 18.1 Å². The van der Waals surface area contributed by atoms with Gasteiger partial charge >= 0.3 is 0 Å². The first-order valence-electron chi connectivity index (χ1n) is 9.23. The van der Waals surface area contributed by atoms with E-state index >= 15 is 0 Å². The normalized spacial score (nSPS) is 21.2. The molecule has 4 rings (SSSR count). The van der Waals surface area contributed by atoms with Crippen molar-refractivity contribution in [2.75, 3.05) is 39.3 Å². The van der Waals surface area contributed by atoms with Crippen LogP contribution in [0.2, 0.25) is 0 Å². The molecule has 0 spiro atoms. The van der Waals surface area contributed by atoms with Gasteiger partial charge in [0.1, 0.15) is 6.54 Å². The molecule has 2 aromatic rings. The number of benzene rings is 1. The Balaban J connectivity index is 1.27.